The van der Waals surface area contributed by atoms with Gasteiger partial charge < -0.3 is 15.5 Å². The highest BCUT2D eigenvalue weighted by Crippen LogP contribution is 2.40. The number of carbonyl (C=O) groups is 1. The molecule has 1 fully saturated rings. The van der Waals surface area contributed by atoms with Crippen LogP contribution in [0.15, 0.2) is 12.1 Å². The Kier molecular flexibility index (Phi) is 3.94. The first-order valence-corrected chi connectivity index (χ1v) is 6.83. The van der Waals surface area contributed by atoms with Crippen LogP contribution in [0.1, 0.15) is 50.0 Å². The molecule has 0 radical (unpaired) electrons. The number of hydrogen-bond acceptors (Lipinski definition) is 5. The minimum absolute atomic E-state index is 0.0892. The fourth-order valence-corrected chi connectivity index (χ4v) is 2.36. The van der Waals surface area contributed by atoms with E-state index in [0.29, 0.717) is 17.8 Å². The summed E-state index contributed by atoms with van der Waals surface area (Å²) in [6.45, 7) is 4.84. The van der Waals surface area contributed by atoms with Gasteiger partial charge in [0.15, 0.2) is 5.69 Å². The molecule has 0 unspecified atom stereocenters. The quantitative estimate of drug-likeness (QED) is 0.779. The van der Waals surface area contributed by atoms with Crippen LogP contribution < -0.4 is 5.32 Å². The van der Waals surface area contributed by atoms with Crippen LogP contribution in [0.5, 0.6) is 0 Å². The highest BCUT2D eigenvalue weighted by molar-refractivity contribution is 5.85. The topological polar surface area (TPSA) is 95.3 Å². The molecule has 0 amide bonds. The van der Waals surface area contributed by atoms with Gasteiger partial charge in [0.2, 0.25) is 0 Å². The van der Waals surface area contributed by atoms with Gasteiger partial charge in [-0.3, -0.25) is 0 Å². The molecule has 6 heteroatoms. The van der Waals surface area contributed by atoms with Gasteiger partial charge in [0, 0.05) is 6.54 Å². The van der Waals surface area contributed by atoms with Crippen molar-refractivity contribution < 1.29 is 15.0 Å². The molecule has 20 heavy (non-hydrogen) atoms. The maximum absolute atomic E-state index is 10.7. The summed E-state index contributed by atoms with van der Waals surface area (Å²) in [5, 5.41) is 29.7. The van der Waals surface area contributed by atoms with Crippen LogP contribution in [0.2, 0.25) is 0 Å². The van der Waals surface area contributed by atoms with Gasteiger partial charge in [0.25, 0.3) is 0 Å². The van der Waals surface area contributed by atoms with Gasteiger partial charge in [0.1, 0.15) is 5.82 Å². The number of rotatable bonds is 4. The summed E-state index contributed by atoms with van der Waals surface area (Å²) in [4.78, 5) is 10.7. The third-order valence-corrected chi connectivity index (χ3v) is 4.02. The van der Waals surface area contributed by atoms with Crippen molar-refractivity contribution in [2.75, 3.05) is 11.9 Å². The Bertz CT molecular complexity index is 475. The Balaban J connectivity index is 1.90. The zero-order chi connectivity index (χ0) is 14.8. The molecule has 1 aromatic rings. The van der Waals surface area contributed by atoms with E-state index in [4.69, 9.17) is 5.11 Å². The molecule has 0 atom stereocenters. The van der Waals surface area contributed by atoms with Gasteiger partial charge in [-0.25, -0.2) is 4.79 Å². The number of aliphatic hydroxyl groups is 1. The number of anilines is 1. The van der Waals surface area contributed by atoms with Crippen LogP contribution in [0, 0.1) is 5.41 Å². The van der Waals surface area contributed by atoms with Crippen LogP contribution in [0.4, 0.5) is 5.82 Å². The van der Waals surface area contributed by atoms with E-state index in [1.54, 1.807) is 6.07 Å². The fourth-order valence-electron chi connectivity index (χ4n) is 2.36. The van der Waals surface area contributed by atoms with Gasteiger partial charge in [-0.15, -0.1) is 10.2 Å². The lowest BCUT2D eigenvalue weighted by Gasteiger charge is -2.40. The van der Waals surface area contributed by atoms with E-state index < -0.39 is 11.6 Å². The molecule has 2 rings (SSSR count). The first-order valence-electron chi connectivity index (χ1n) is 6.83. The van der Waals surface area contributed by atoms with E-state index in [2.05, 4.69) is 29.4 Å². The molecule has 1 saturated carbocycles. The SMILES string of the molecule is CC1(C)CCC(O)(CNc2ccc(C(=O)O)nn2)CC1. The van der Waals surface area contributed by atoms with Crippen molar-refractivity contribution in [1.29, 1.82) is 0 Å². The lowest BCUT2D eigenvalue weighted by atomic mass is 9.71. The smallest absolute Gasteiger partial charge is 0.356 e. The minimum Gasteiger partial charge on any atom is -0.476 e. The normalized spacial score (nSPS) is 20.4. The predicted molar refractivity (Wildman–Crippen MR) is 74.7 cm³/mol. The average Bonchev–Trinajstić information content (AvgIpc) is 2.41. The number of nitrogens with one attached hydrogen (secondary N) is 1. The van der Waals surface area contributed by atoms with Crippen LogP contribution in [0.3, 0.4) is 0 Å². The third-order valence-electron chi connectivity index (χ3n) is 4.02. The van der Waals surface area contributed by atoms with E-state index in [-0.39, 0.29) is 5.69 Å². The van der Waals surface area contributed by atoms with Crippen molar-refractivity contribution in [2.24, 2.45) is 5.41 Å². The van der Waals surface area contributed by atoms with Crippen molar-refractivity contribution in [3.63, 3.8) is 0 Å². The Morgan fingerprint density at radius 2 is 1.90 bits per heavy atom. The summed E-state index contributed by atoms with van der Waals surface area (Å²) in [6, 6.07) is 2.96. The highest BCUT2D eigenvalue weighted by Gasteiger charge is 2.36. The number of aromatic carboxylic acids is 1. The molecule has 1 aliphatic rings. The Morgan fingerprint density at radius 3 is 2.40 bits per heavy atom. The number of carboxylic acid groups (broad SMARTS) is 1. The zero-order valence-corrected chi connectivity index (χ0v) is 11.9. The van der Waals surface area contributed by atoms with E-state index in [9.17, 15) is 9.90 Å². The first-order chi connectivity index (χ1) is 9.30. The van der Waals surface area contributed by atoms with Crippen molar-refractivity contribution in [3.8, 4) is 0 Å². The van der Waals surface area contributed by atoms with Gasteiger partial charge >= 0.3 is 5.97 Å². The summed E-state index contributed by atoms with van der Waals surface area (Å²) < 4.78 is 0. The molecule has 1 aromatic heterocycles. The predicted octanol–water partition coefficient (Wildman–Crippen LogP) is 1.92. The molecule has 0 aliphatic heterocycles. The third kappa shape index (κ3) is 3.66. The van der Waals surface area contributed by atoms with Crippen molar-refractivity contribution in [1.82, 2.24) is 10.2 Å². The van der Waals surface area contributed by atoms with Crippen LogP contribution in [0.25, 0.3) is 0 Å². The van der Waals surface area contributed by atoms with Crippen LogP contribution >= 0.6 is 0 Å². The van der Waals surface area contributed by atoms with E-state index >= 15 is 0 Å². The molecule has 0 bridgehead atoms. The summed E-state index contributed by atoms with van der Waals surface area (Å²) in [5.41, 5.74) is -0.508. The maximum atomic E-state index is 10.7. The summed E-state index contributed by atoms with van der Waals surface area (Å²) in [6.07, 6.45) is 3.50. The molecule has 0 aromatic carbocycles. The van der Waals surface area contributed by atoms with Gasteiger partial charge in [0.05, 0.1) is 5.60 Å². The minimum atomic E-state index is -1.10. The van der Waals surface area contributed by atoms with Gasteiger partial charge in [-0.1, -0.05) is 13.8 Å². The highest BCUT2D eigenvalue weighted by atomic mass is 16.4. The zero-order valence-electron chi connectivity index (χ0n) is 11.9. The van der Waals surface area contributed by atoms with Gasteiger partial charge in [-0.05, 0) is 43.2 Å². The van der Waals surface area contributed by atoms with Crippen molar-refractivity contribution in [3.05, 3.63) is 17.8 Å². The second-order valence-electron chi connectivity index (χ2n) is 6.35. The molecular weight excluding hydrogens is 258 g/mol. The summed E-state index contributed by atoms with van der Waals surface area (Å²) >= 11 is 0. The Hall–Kier alpha value is -1.69. The molecule has 0 saturated heterocycles. The monoisotopic (exact) mass is 279 g/mol. The molecule has 0 spiro atoms. The molecule has 6 nitrogen and oxygen atoms in total. The fraction of sp³-hybridized carbons (Fsp3) is 0.643. The lowest BCUT2D eigenvalue weighted by Crippen LogP contribution is -2.42. The maximum Gasteiger partial charge on any atom is 0.356 e. The van der Waals surface area contributed by atoms with Crippen LogP contribution in [-0.2, 0) is 0 Å². The summed E-state index contributed by atoms with van der Waals surface area (Å²) in [7, 11) is 0. The Labute approximate surface area is 118 Å². The van der Waals surface area contributed by atoms with Crippen molar-refractivity contribution in [2.45, 2.75) is 45.1 Å². The Morgan fingerprint density at radius 1 is 1.25 bits per heavy atom. The molecule has 1 heterocycles. The molecule has 110 valence electrons. The average molecular weight is 279 g/mol. The summed E-state index contributed by atoms with van der Waals surface area (Å²) in [5.74, 6) is -0.620. The number of carboxylic acids is 1. The van der Waals surface area contributed by atoms with Gasteiger partial charge in [-0.2, -0.15) is 0 Å². The van der Waals surface area contributed by atoms with E-state index in [1.807, 2.05) is 0 Å². The number of hydrogen-bond donors (Lipinski definition) is 3. The standard InChI is InChI=1S/C14H21N3O3/c1-13(2)5-7-14(20,8-6-13)9-15-11-4-3-10(12(18)19)16-17-11/h3-4,20H,5-9H2,1-2H3,(H,15,17)(H,18,19). The lowest BCUT2D eigenvalue weighted by molar-refractivity contribution is -0.0146. The molecular formula is C14H21N3O3. The number of aromatic nitrogens is 2. The van der Waals surface area contributed by atoms with E-state index in [1.165, 1.54) is 6.07 Å². The van der Waals surface area contributed by atoms with Crippen molar-refractivity contribution >= 4 is 11.8 Å². The van der Waals surface area contributed by atoms with E-state index in [0.717, 1.165) is 25.7 Å². The number of nitrogens with zero attached hydrogens (tertiary/aromatic N) is 2. The second-order valence-corrected chi connectivity index (χ2v) is 6.35. The first kappa shape index (κ1) is 14.7. The largest absolute Gasteiger partial charge is 0.476 e. The second kappa shape index (κ2) is 5.36. The molecule has 1 aliphatic carbocycles. The molecule has 3 N–H and O–H groups in total. The van der Waals surface area contributed by atoms with Crippen LogP contribution in [-0.4, -0.2) is 38.5 Å².